The molecule has 0 rings (SSSR count). The Labute approximate surface area is 91.5 Å². The maximum Gasteiger partial charge on any atom is -0.0329 e. The lowest BCUT2D eigenvalue weighted by Crippen LogP contribution is -2.21. The van der Waals surface area contributed by atoms with E-state index < -0.39 is 0 Å². The smallest absolute Gasteiger partial charge is 0.0329 e. The maximum atomic E-state index is 2.45. The Morgan fingerprint density at radius 1 is 0.929 bits per heavy atom. The highest BCUT2D eigenvalue weighted by Gasteiger charge is 2.24. The molecule has 0 nitrogen and oxygen atoms in total. The van der Waals surface area contributed by atoms with Crippen LogP contribution in [0.5, 0.6) is 0 Å². The SMILES string of the molecule is CCCCCC(C)(C)C(C)CCCC. The van der Waals surface area contributed by atoms with Gasteiger partial charge in [0.05, 0.1) is 0 Å². The topological polar surface area (TPSA) is 0 Å². The fraction of sp³-hybridized carbons (Fsp3) is 1.00. The Morgan fingerprint density at radius 3 is 2.00 bits per heavy atom. The summed E-state index contributed by atoms with van der Waals surface area (Å²) < 4.78 is 0. The molecule has 0 aromatic carbocycles. The van der Waals surface area contributed by atoms with Crippen LogP contribution in [0.3, 0.4) is 0 Å². The summed E-state index contributed by atoms with van der Waals surface area (Å²) in [6.45, 7) is 11.9. The third-order valence-corrected chi connectivity index (χ3v) is 3.75. The molecule has 0 aliphatic heterocycles. The lowest BCUT2D eigenvalue weighted by molar-refractivity contribution is 0.191. The Bertz CT molecular complexity index is 124. The van der Waals surface area contributed by atoms with Gasteiger partial charge in [0.15, 0.2) is 0 Å². The summed E-state index contributed by atoms with van der Waals surface area (Å²) in [4.78, 5) is 0. The fourth-order valence-corrected chi connectivity index (χ4v) is 1.98. The maximum absolute atomic E-state index is 2.45. The summed E-state index contributed by atoms with van der Waals surface area (Å²) >= 11 is 0. The van der Waals surface area contributed by atoms with Gasteiger partial charge in [-0.3, -0.25) is 0 Å². The second-order valence-electron chi connectivity index (χ2n) is 5.49. The monoisotopic (exact) mass is 198 g/mol. The molecular weight excluding hydrogens is 168 g/mol. The van der Waals surface area contributed by atoms with Crippen molar-refractivity contribution in [3.63, 3.8) is 0 Å². The molecule has 1 unspecified atom stereocenters. The minimum atomic E-state index is 0.560. The Kier molecular flexibility index (Phi) is 7.31. The highest BCUT2D eigenvalue weighted by atomic mass is 14.3. The van der Waals surface area contributed by atoms with E-state index in [1.54, 1.807) is 0 Å². The Balaban J connectivity index is 3.77. The van der Waals surface area contributed by atoms with Crippen LogP contribution in [-0.4, -0.2) is 0 Å². The van der Waals surface area contributed by atoms with Crippen LogP contribution >= 0.6 is 0 Å². The first kappa shape index (κ1) is 14.0. The molecule has 0 heteroatoms. The van der Waals surface area contributed by atoms with E-state index in [9.17, 15) is 0 Å². The zero-order valence-corrected chi connectivity index (χ0v) is 11.0. The van der Waals surface area contributed by atoms with E-state index in [4.69, 9.17) is 0 Å². The van der Waals surface area contributed by atoms with E-state index in [0.717, 1.165) is 5.92 Å². The van der Waals surface area contributed by atoms with Crippen molar-refractivity contribution in [1.82, 2.24) is 0 Å². The number of hydrogen-bond acceptors (Lipinski definition) is 0. The zero-order valence-electron chi connectivity index (χ0n) is 11.0. The van der Waals surface area contributed by atoms with Crippen LogP contribution in [0.4, 0.5) is 0 Å². The summed E-state index contributed by atoms with van der Waals surface area (Å²) in [5.74, 6) is 0.888. The normalized spacial score (nSPS) is 14.4. The molecule has 0 saturated heterocycles. The first-order chi connectivity index (χ1) is 6.54. The van der Waals surface area contributed by atoms with Crippen molar-refractivity contribution >= 4 is 0 Å². The highest BCUT2D eigenvalue weighted by Crippen LogP contribution is 2.35. The standard InChI is InChI=1S/C14H30/c1-6-8-10-12-14(4,5)13(3)11-9-7-2/h13H,6-12H2,1-5H3. The summed E-state index contributed by atoms with van der Waals surface area (Å²) in [5.41, 5.74) is 0.560. The van der Waals surface area contributed by atoms with Crippen molar-refractivity contribution in [2.24, 2.45) is 11.3 Å². The van der Waals surface area contributed by atoms with Gasteiger partial charge in [0.2, 0.25) is 0 Å². The van der Waals surface area contributed by atoms with Gasteiger partial charge in [-0.1, -0.05) is 73.1 Å². The molecule has 0 saturated carbocycles. The lowest BCUT2D eigenvalue weighted by atomic mass is 9.74. The third kappa shape index (κ3) is 5.67. The molecule has 0 amide bonds. The first-order valence-electron chi connectivity index (χ1n) is 6.54. The van der Waals surface area contributed by atoms with Gasteiger partial charge in [0, 0.05) is 0 Å². The van der Waals surface area contributed by atoms with E-state index in [-0.39, 0.29) is 0 Å². The van der Waals surface area contributed by atoms with Crippen molar-refractivity contribution in [2.45, 2.75) is 79.6 Å². The molecular formula is C14H30. The van der Waals surface area contributed by atoms with Crippen molar-refractivity contribution in [1.29, 1.82) is 0 Å². The van der Waals surface area contributed by atoms with Crippen molar-refractivity contribution in [2.75, 3.05) is 0 Å². The molecule has 1 atom stereocenters. The van der Waals surface area contributed by atoms with Crippen molar-refractivity contribution < 1.29 is 0 Å². The third-order valence-electron chi connectivity index (χ3n) is 3.75. The second-order valence-corrected chi connectivity index (χ2v) is 5.49. The minimum absolute atomic E-state index is 0.560. The molecule has 0 radical (unpaired) electrons. The lowest BCUT2D eigenvalue weighted by Gasteiger charge is -2.32. The van der Waals surface area contributed by atoms with Gasteiger partial charge >= 0.3 is 0 Å². The fourth-order valence-electron chi connectivity index (χ4n) is 1.98. The summed E-state index contributed by atoms with van der Waals surface area (Å²) in [5, 5.41) is 0. The molecule has 0 aliphatic carbocycles. The summed E-state index contributed by atoms with van der Waals surface area (Å²) in [6.07, 6.45) is 9.73. The van der Waals surface area contributed by atoms with Gasteiger partial charge in [-0.25, -0.2) is 0 Å². The summed E-state index contributed by atoms with van der Waals surface area (Å²) in [6, 6.07) is 0. The highest BCUT2D eigenvalue weighted by molar-refractivity contribution is 4.75. The van der Waals surface area contributed by atoms with Crippen LogP contribution in [0.15, 0.2) is 0 Å². The molecule has 0 fully saturated rings. The molecule has 0 N–H and O–H groups in total. The zero-order chi connectivity index (χ0) is 11.0. The van der Waals surface area contributed by atoms with Gasteiger partial charge in [-0.2, -0.15) is 0 Å². The predicted molar refractivity (Wildman–Crippen MR) is 66.6 cm³/mol. The van der Waals surface area contributed by atoms with E-state index in [0.29, 0.717) is 5.41 Å². The average molecular weight is 198 g/mol. The number of hydrogen-bond donors (Lipinski definition) is 0. The second kappa shape index (κ2) is 7.31. The summed E-state index contributed by atoms with van der Waals surface area (Å²) in [7, 11) is 0. The van der Waals surface area contributed by atoms with Crippen LogP contribution in [-0.2, 0) is 0 Å². The molecule has 0 aromatic rings. The van der Waals surface area contributed by atoms with Gasteiger partial charge in [0.25, 0.3) is 0 Å². The van der Waals surface area contributed by atoms with Crippen molar-refractivity contribution in [3.05, 3.63) is 0 Å². The minimum Gasteiger partial charge on any atom is -0.0654 e. The Morgan fingerprint density at radius 2 is 1.50 bits per heavy atom. The molecule has 0 aliphatic rings. The molecule has 86 valence electrons. The number of unbranched alkanes of at least 4 members (excludes halogenated alkanes) is 3. The largest absolute Gasteiger partial charge is 0.0654 e. The molecule has 0 bridgehead atoms. The molecule has 0 heterocycles. The van der Waals surface area contributed by atoms with Crippen LogP contribution in [0, 0.1) is 11.3 Å². The predicted octanol–water partition coefficient (Wildman–Crippen LogP) is 5.42. The molecule has 0 aromatic heterocycles. The number of rotatable bonds is 8. The van der Waals surface area contributed by atoms with Gasteiger partial charge in [0.1, 0.15) is 0 Å². The van der Waals surface area contributed by atoms with Crippen molar-refractivity contribution in [3.8, 4) is 0 Å². The first-order valence-corrected chi connectivity index (χ1v) is 6.54. The van der Waals surface area contributed by atoms with E-state index in [1.165, 1.54) is 44.9 Å². The van der Waals surface area contributed by atoms with Gasteiger partial charge in [-0.15, -0.1) is 0 Å². The molecule has 0 spiro atoms. The van der Waals surface area contributed by atoms with Crippen LogP contribution in [0.2, 0.25) is 0 Å². The average Bonchev–Trinajstić information content (AvgIpc) is 2.14. The Hall–Kier alpha value is 0. The van der Waals surface area contributed by atoms with Crippen LogP contribution < -0.4 is 0 Å². The van der Waals surface area contributed by atoms with Gasteiger partial charge < -0.3 is 0 Å². The molecule has 14 heavy (non-hydrogen) atoms. The van der Waals surface area contributed by atoms with E-state index in [2.05, 4.69) is 34.6 Å². The van der Waals surface area contributed by atoms with Crippen LogP contribution in [0.25, 0.3) is 0 Å². The quantitative estimate of drug-likeness (QED) is 0.457. The van der Waals surface area contributed by atoms with Gasteiger partial charge in [-0.05, 0) is 17.8 Å². The van der Waals surface area contributed by atoms with E-state index >= 15 is 0 Å². The van der Waals surface area contributed by atoms with E-state index in [1.807, 2.05) is 0 Å². The van der Waals surface area contributed by atoms with Crippen LogP contribution in [0.1, 0.15) is 79.6 Å².